The van der Waals surface area contributed by atoms with E-state index in [9.17, 15) is 12.8 Å². The van der Waals surface area contributed by atoms with Gasteiger partial charge in [0.2, 0.25) is 0 Å². The smallest absolute Gasteiger partial charge is 0.197 e. The highest BCUT2D eigenvalue weighted by molar-refractivity contribution is 7.90. The Labute approximate surface area is 96.4 Å². The van der Waals surface area contributed by atoms with E-state index in [0.717, 1.165) is 6.26 Å². The van der Waals surface area contributed by atoms with Crippen molar-refractivity contribution in [1.82, 2.24) is 9.97 Å². The predicted octanol–water partition coefficient (Wildman–Crippen LogP) is 2.03. The Balaban J connectivity index is 3.29. The fraction of sp³-hybridized carbons (Fsp3) is 0.429. The molecule has 0 bridgehead atoms. The van der Waals surface area contributed by atoms with Crippen LogP contribution in [0.3, 0.4) is 0 Å². The van der Waals surface area contributed by atoms with Crippen LogP contribution in [-0.2, 0) is 9.84 Å². The number of nitrogens with zero attached hydrogens (tertiary/aromatic N) is 2. The van der Waals surface area contributed by atoms with Gasteiger partial charge in [0.25, 0.3) is 0 Å². The van der Waals surface area contributed by atoms with E-state index in [0.29, 0.717) is 0 Å². The summed E-state index contributed by atoms with van der Waals surface area (Å²) >= 11 is 10.8. The Bertz CT molecular complexity index is 469. The fourth-order valence-corrected chi connectivity index (χ4v) is 1.67. The second-order valence-electron chi connectivity index (χ2n) is 2.95. The highest BCUT2D eigenvalue weighted by Crippen LogP contribution is 2.24. The number of sulfone groups is 1. The summed E-state index contributed by atoms with van der Waals surface area (Å²) in [6, 6.07) is 0. The molecule has 4 nitrogen and oxygen atoms in total. The van der Waals surface area contributed by atoms with Gasteiger partial charge in [-0.25, -0.2) is 22.8 Å². The van der Waals surface area contributed by atoms with Crippen molar-refractivity contribution < 1.29 is 12.8 Å². The first kappa shape index (κ1) is 12.6. The van der Waals surface area contributed by atoms with Crippen LogP contribution in [0.15, 0.2) is 0 Å². The van der Waals surface area contributed by atoms with E-state index in [-0.39, 0.29) is 5.82 Å². The van der Waals surface area contributed by atoms with E-state index in [1.54, 1.807) is 0 Å². The van der Waals surface area contributed by atoms with E-state index < -0.39 is 31.2 Å². The standard InChI is InChI=1S/C7H7Cl2FN2O2S/c1-3(15(2,13)14)7-11-5(8)4(10)6(9)12-7/h3H,1-2H3. The predicted molar refractivity (Wildman–Crippen MR) is 55.3 cm³/mol. The van der Waals surface area contributed by atoms with Gasteiger partial charge < -0.3 is 0 Å². The molecule has 0 N–H and O–H groups in total. The molecule has 0 aliphatic rings. The first-order valence-corrected chi connectivity index (χ1v) is 6.52. The van der Waals surface area contributed by atoms with Crippen LogP contribution in [0.1, 0.15) is 18.0 Å². The van der Waals surface area contributed by atoms with Gasteiger partial charge in [0.1, 0.15) is 11.1 Å². The van der Waals surface area contributed by atoms with Crippen LogP contribution in [-0.4, -0.2) is 24.6 Å². The van der Waals surface area contributed by atoms with Crippen molar-refractivity contribution in [2.75, 3.05) is 6.26 Å². The van der Waals surface area contributed by atoms with Gasteiger partial charge in [-0.3, -0.25) is 0 Å². The summed E-state index contributed by atoms with van der Waals surface area (Å²) in [4.78, 5) is 7.03. The van der Waals surface area contributed by atoms with Gasteiger partial charge in [-0.05, 0) is 6.92 Å². The third-order valence-corrected chi connectivity index (χ3v) is 3.79. The molecule has 1 aromatic heterocycles. The number of hydrogen-bond donors (Lipinski definition) is 0. The summed E-state index contributed by atoms with van der Waals surface area (Å²) in [5.41, 5.74) is 0. The minimum atomic E-state index is -3.37. The molecule has 0 radical (unpaired) electrons. The molecule has 0 saturated carbocycles. The molecule has 1 aromatic rings. The van der Waals surface area contributed by atoms with E-state index in [4.69, 9.17) is 23.2 Å². The average Bonchev–Trinajstić information content (AvgIpc) is 2.10. The molecule has 0 amide bonds. The van der Waals surface area contributed by atoms with Crippen molar-refractivity contribution in [3.63, 3.8) is 0 Å². The van der Waals surface area contributed by atoms with Crippen LogP contribution in [0, 0.1) is 5.82 Å². The van der Waals surface area contributed by atoms with Gasteiger partial charge >= 0.3 is 0 Å². The second-order valence-corrected chi connectivity index (χ2v) is 6.03. The van der Waals surface area contributed by atoms with Crippen molar-refractivity contribution in [3.05, 3.63) is 21.9 Å². The van der Waals surface area contributed by atoms with E-state index >= 15 is 0 Å². The summed E-state index contributed by atoms with van der Waals surface area (Å²) in [7, 11) is -3.37. The zero-order valence-corrected chi connectivity index (χ0v) is 10.2. The highest BCUT2D eigenvalue weighted by atomic mass is 35.5. The number of aromatic nitrogens is 2. The molecule has 0 saturated heterocycles. The second kappa shape index (κ2) is 4.19. The molecule has 1 atom stereocenters. The van der Waals surface area contributed by atoms with Gasteiger partial charge in [0, 0.05) is 6.26 Å². The van der Waals surface area contributed by atoms with Gasteiger partial charge in [-0.2, -0.15) is 0 Å². The fourth-order valence-electron chi connectivity index (χ4n) is 0.783. The lowest BCUT2D eigenvalue weighted by molar-refractivity contribution is 0.584. The van der Waals surface area contributed by atoms with Gasteiger partial charge in [0.15, 0.2) is 26.0 Å². The number of rotatable bonds is 2. The largest absolute Gasteiger partial charge is 0.228 e. The highest BCUT2D eigenvalue weighted by Gasteiger charge is 2.23. The zero-order valence-electron chi connectivity index (χ0n) is 7.83. The van der Waals surface area contributed by atoms with Crippen molar-refractivity contribution in [2.45, 2.75) is 12.2 Å². The molecule has 0 spiro atoms. The van der Waals surface area contributed by atoms with Crippen LogP contribution < -0.4 is 0 Å². The lowest BCUT2D eigenvalue weighted by Crippen LogP contribution is -2.12. The van der Waals surface area contributed by atoms with Crippen LogP contribution in [0.25, 0.3) is 0 Å². The summed E-state index contributed by atoms with van der Waals surface area (Å²) in [5.74, 6) is -1.07. The molecule has 0 aliphatic carbocycles. The maximum absolute atomic E-state index is 12.9. The molecule has 0 aromatic carbocycles. The topological polar surface area (TPSA) is 59.9 Å². The van der Waals surface area contributed by atoms with E-state index in [1.807, 2.05) is 0 Å². The quantitative estimate of drug-likeness (QED) is 0.773. The van der Waals surface area contributed by atoms with Gasteiger partial charge in [-0.15, -0.1) is 0 Å². The minimum absolute atomic E-state index is 0.117. The molecular weight excluding hydrogens is 266 g/mol. The molecule has 0 aliphatic heterocycles. The summed E-state index contributed by atoms with van der Waals surface area (Å²) in [6.07, 6.45) is 1.02. The number of halogens is 3. The average molecular weight is 273 g/mol. The molecule has 84 valence electrons. The zero-order chi connectivity index (χ0) is 11.8. The van der Waals surface area contributed by atoms with Crippen molar-refractivity contribution in [2.24, 2.45) is 0 Å². The van der Waals surface area contributed by atoms with Gasteiger partial charge in [0.05, 0.1) is 0 Å². The lowest BCUT2D eigenvalue weighted by atomic mass is 10.4. The Kier molecular flexibility index (Phi) is 3.52. The minimum Gasteiger partial charge on any atom is -0.228 e. The molecule has 1 heterocycles. The molecule has 8 heteroatoms. The Morgan fingerprint density at radius 3 is 2.00 bits per heavy atom. The van der Waals surface area contributed by atoms with Gasteiger partial charge in [-0.1, -0.05) is 23.2 Å². The first-order chi connectivity index (χ1) is 6.73. The monoisotopic (exact) mass is 272 g/mol. The van der Waals surface area contributed by atoms with Crippen molar-refractivity contribution in [1.29, 1.82) is 0 Å². The normalized spacial score (nSPS) is 13.9. The Hall–Kier alpha value is -0.460. The summed E-state index contributed by atoms with van der Waals surface area (Å²) < 4.78 is 35.3. The summed E-state index contributed by atoms with van der Waals surface area (Å²) in [5, 5.41) is -1.95. The lowest BCUT2D eigenvalue weighted by Gasteiger charge is -2.08. The molecule has 1 rings (SSSR count). The van der Waals surface area contributed by atoms with Crippen LogP contribution in [0.2, 0.25) is 10.3 Å². The van der Waals surface area contributed by atoms with Crippen LogP contribution in [0.4, 0.5) is 4.39 Å². The van der Waals surface area contributed by atoms with E-state index in [2.05, 4.69) is 9.97 Å². The first-order valence-electron chi connectivity index (χ1n) is 3.80. The van der Waals surface area contributed by atoms with Crippen LogP contribution >= 0.6 is 23.2 Å². The number of hydrogen-bond acceptors (Lipinski definition) is 4. The maximum Gasteiger partial charge on any atom is 0.197 e. The maximum atomic E-state index is 12.9. The Morgan fingerprint density at radius 1 is 1.27 bits per heavy atom. The van der Waals surface area contributed by atoms with Crippen molar-refractivity contribution in [3.8, 4) is 0 Å². The summed E-state index contributed by atoms with van der Waals surface area (Å²) in [6.45, 7) is 1.37. The van der Waals surface area contributed by atoms with Crippen molar-refractivity contribution >= 4 is 33.0 Å². The Morgan fingerprint density at radius 2 is 1.67 bits per heavy atom. The third kappa shape index (κ3) is 2.76. The molecular formula is C7H7Cl2FN2O2S. The van der Waals surface area contributed by atoms with E-state index in [1.165, 1.54) is 6.92 Å². The SMILES string of the molecule is CC(c1nc(Cl)c(F)c(Cl)n1)S(C)(=O)=O. The molecule has 1 unspecified atom stereocenters. The third-order valence-electron chi connectivity index (χ3n) is 1.79. The molecule has 0 fully saturated rings. The van der Waals surface area contributed by atoms with Crippen LogP contribution in [0.5, 0.6) is 0 Å². The molecule has 15 heavy (non-hydrogen) atoms.